The van der Waals surface area contributed by atoms with Crippen molar-refractivity contribution in [3.63, 3.8) is 0 Å². The molecule has 1 amide bonds. The van der Waals surface area contributed by atoms with Crippen molar-refractivity contribution in [1.29, 1.82) is 0 Å². The molecule has 3 heterocycles. The summed E-state index contributed by atoms with van der Waals surface area (Å²) in [7, 11) is 0. The molecule has 0 spiro atoms. The highest BCUT2D eigenvalue weighted by Crippen LogP contribution is 2.30. The predicted octanol–water partition coefficient (Wildman–Crippen LogP) is 3.06. The number of azo groups is 1. The number of hydrogen-bond donors (Lipinski definition) is 2. The molecule has 3 N–H and O–H groups in total. The topological polar surface area (TPSA) is 95.4 Å². The Balaban J connectivity index is 1.81. The maximum atomic E-state index is 11.6. The number of nitrogens with two attached hydrogens (primary N) is 1. The van der Waals surface area contributed by atoms with Gasteiger partial charge in [0.15, 0.2) is 5.84 Å². The molecule has 0 unspecified atom stereocenters. The van der Waals surface area contributed by atoms with E-state index in [0.717, 1.165) is 22.9 Å². The molecule has 9 heteroatoms. The minimum Gasteiger partial charge on any atom is -0.373 e. The number of amidine groups is 1. The van der Waals surface area contributed by atoms with Crippen molar-refractivity contribution in [2.24, 2.45) is 21.0 Å². The van der Waals surface area contributed by atoms with Crippen molar-refractivity contribution in [3.8, 4) is 0 Å². The van der Waals surface area contributed by atoms with Crippen LogP contribution in [0.15, 0.2) is 86.6 Å². The summed E-state index contributed by atoms with van der Waals surface area (Å²) in [6.07, 6.45) is 16.7. The summed E-state index contributed by atoms with van der Waals surface area (Å²) in [5.41, 5.74) is 7.39. The molecular weight excluding hydrogens is 344 g/mol. The fourth-order valence-corrected chi connectivity index (χ4v) is 2.76. The number of dihydropyridines is 1. The van der Waals surface area contributed by atoms with E-state index < -0.39 is 0 Å². The van der Waals surface area contributed by atoms with E-state index in [1.807, 2.05) is 49.1 Å². The summed E-state index contributed by atoms with van der Waals surface area (Å²) >= 11 is 5.60. The molecule has 3 aliphatic rings. The van der Waals surface area contributed by atoms with Gasteiger partial charge in [0, 0.05) is 24.8 Å². The third-order valence-electron chi connectivity index (χ3n) is 3.07. The lowest BCUT2D eigenvalue weighted by molar-refractivity contribution is 0.267. The Kier molecular flexibility index (Phi) is 4.82. The summed E-state index contributed by atoms with van der Waals surface area (Å²) < 4.78 is 0. The first-order valence-corrected chi connectivity index (χ1v) is 8.05. The van der Waals surface area contributed by atoms with Crippen molar-refractivity contribution in [3.05, 3.63) is 71.4 Å². The summed E-state index contributed by atoms with van der Waals surface area (Å²) in [6.45, 7) is 0. The molecule has 120 valence electrons. The van der Waals surface area contributed by atoms with Crippen molar-refractivity contribution in [2.75, 3.05) is 0 Å². The number of amides is 1. The Morgan fingerprint density at radius 1 is 1.25 bits per heavy atom. The van der Waals surface area contributed by atoms with Crippen LogP contribution in [0.2, 0.25) is 0 Å². The first kappa shape index (κ1) is 16.1. The van der Waals surface area contributed by atoms with Gasteiger partial charge in [0.1, 0.15) is 0 Å². The van der Waals surface area contributed by atoms with Crippen LogP contribution in [0.1, 0.15) is 0 Å². The number of carbonyl (C=O) groups is 1. The molecule has 0 saturated carbocycles. The van der Waals surface area contributed by atoms with E-state index in [4.69, 9.17) is 5.73 Å². The summed E-state index contributed by atoms with van der Waals surface area (Å²) in [4.78, 5) is 17.9. The molecule has 0 aromatic heterocycles. The molecule has 0 radical (unpaired) electrons. The van der Waals surface area contributed by atoms with Crippen molar-refractivity contribution >= 4 is 40.2 Å². The third-order valence-corrected chi connectivity index (χ3v) is 3.93. The average Bonchev–Trinajstić information content (AvgIpc) is 2.96. The van der Waals surface area contributed by atoms with Gasteiger partial charge in [-0.25, -0.2) is 0 Å². The first-order chi connectivity index (χ1) is 11.6. The molecule has 0 bridgehead atoms. The predicted molar refractivity (Wildman–Crippen MR) is 98.7 cm³/mol. The van der Waals surface area contributed by atoms with Gasteiger partial charge < -0.3 is 16.0 Å². The second kappa shape index (κ2) is 7.20. The lowest BCUT2D eigenvalue weighted by atomic mass is 10.1. The monoisotopic (exact) mass is 356 g/mol. The molecule has 24 heavy (non-hydrogen) atoms. The second-order valence-electron chi connectivity index (χ2n) is 4.63. The Hall–Kier alpha value is -2.78. The van der Waals surface area contributed by atoms with Gasteiger partial charge in [-0.3, -0.25) is 4.79 Å². The molecule has 0 aromatic carbocycles. The summed E-state index contributed by atoms with van der Waals surface area (Å²) in [5, 5.41) is 9.92. The van der Waals surface area contributed by atoms with Crippen LogP contribution in [0.25, 0.3) is 0 Å². The Labute approximate surface area is 147 Å². The first-order valence-electron chi connectivity index (χ1n) is 6.83. The van der Waals surface area contributed by atoms with E-state index in [9.17, 15) is 4.79 Å². The van der Waals surface area contributed by atoms with Crippen LogP contribution >= 0.6 is 24.0 Å². The second-order valence-corrected chi connectivity index (χ2v) is 6.04. The van der Waals surface area contributed by atoms with Gasteiger partial charge in [0.25, 0.3) is 0 Å². The largest absolute Gasteiger partial charge is 0.373 e. The van der Waals surface area contributed by atoms with E-state index in [-0.39, 0.29) is 10.4 Å². The van der Waals surface area contributed by atoms with Gasteiger partial charge in [-0.1, -0.05) is 0 Å². The number of aliphatic imine (C=N–C) groups is 1. The molecule has 3 aliphatic heterocycles. The van der Waals surface area contributed by atoms with Gasteiger partial charge in [-0.2, -0.15) is 10.1 Å². The maximum Gasteiger partial charge on any atom is 0.311 e. The number of nitrogens with one attached hydrogen (secondary N) is 1. The highest BCUT2D eigenvalue weighted by atomic mass is 32.2. The third kappa shape index (κ3) is 3.76. The van der Waals surface area contributed by atoms with Gasteiger partial charge in [-0.05, 0) is 59.4 Å². The number of hydrogen-bond acceptors (Lipinski definition) is 6. The highest BCUT2D eigenvalue weighted by Gasteiger charge is 2.25. The van der Waals surface area contributed by atoms with Crippen LogP contribution in [0.5, 0.6) is 0 Å². The fourth-order valence-electron chi connectivity index (χ4n) is 2.05. The Morgan fingerprint density at radius 2 is 1.92 bits per heavy atom. The van der Waals surface area contributed by atoms with Crippen LogP contribution in [-0.2, 0) is 0 Å². The van der Waals surface area contributed by atoms with Crippen LogP contribution in [0.3, 0.4) is 0 Å². The van der Waals surface area contributed by atoms with E-state index in [1.165, 1.54) is 6.20 Å². The number of thioether (sulfide) groups is 1. The molecule has 0 saturated heterocycles. The van der Waals surface area contributed by atoms with E-state index in [2.05, 4.69) is 32.8 Å². The van der Waals surface area contributed by atoms with Gasteiger partial charge in [0.05, 0.1) is 11.1 Å². The van der Waals surface area contributed by atoms with E-state index in [0.29, 0.717) is 10.7 Å². The van der Waals surface area contributed by atoms with Crippen LogP contribution in [0, 0.1) is 0 Å². The van der Waals surface area contributed by atoms with E-state index in [1.54, 1.807) is 4.90 Å². The molecule has 0 aromatic rings. The number of carbonyl (C=O) groups excluding carboxylic acids is 1. The Bertz CT molecular complexity index is 799. The standard InChI is InChI=1S/C15H12N6OS2/c16-14(23)20-18-9-12-13(19-15(22)24-12)21-7-3-11(4-8-21)10-1-5-17-6-2-10/h1-9,17H,(H2,16,23)/b12-9+,20-18?. The number of rotatable bonds is 1. The van der Waals surface area contributed by atoms with Crippen LogP contribution < -0.4 is 11.1 Å². The summed E-state index contributed by atoms with van der Waals surface area (Å²) in [5.74, 6) is 0.486. The average molecular weight is 356 g/mol. The van der Waals surface area contributed by atoms with E-state index >= 15 is 0 Å². The van der Waals surface area contributed by atoms with Crippen LogP contribution in [-0.4, -0.2) is 21.1 Å². The maximum absolute atomic E-state index is 11.6. The van der Waals surface area contributed by atoms with Gasteiger partial charge >= 0.3 is 5.24 Å². The SMILES string of the molecule is NC(=S)N=N/C=C1/SC(=O)N=C1N1C=CC(=C2C=CNC=C2)C=C1. The highest BCUT2D eigenvalue weighted by molar-refractivity contribution is 8.18. The van der Waals surface area contributed by atoms with Crippen molar-refractivity contribution < 1.29 is 4.79 Å². The smallest absolute Gasteiger partial charge is 0.311 e. The molecule has 3 rings (SSSR count). The Morgan fingerprint density at radius 3 is 2.58 bits per heavy atom. The lowest BCUT2D eigenvalue weighted by Crippen LogP contribution is -2.20. The minimum atomic E-state index is -0.308. The quantitative estimate of drug-likeness (QED) is 0.554. The number of allylic oxidation sites excluding steroid dienone is 6. The number of nitrogens with zero attached hydrogens (tertiary/aromatic N) is 4. The minimum absolute atomic E-state index is 0.0724. The molecule has 0 atom stereocenters. The normalized spacial score (nSPS) is 21.2. The molecule has 0 aliphatic carbocycles. The molecular formula is C15H12N6OS2. The molecule has 0 fully saturated rings. The lowest BCUT2D eigenvalue weighted by Gasteiger charge is -2.19. The zero-order valence-electron chi connectivity index (χ0n) is 12.3. The summed E-state index contributed by atoms with van der Waals surface area (Å²) in [6, 6.07) is 0. The van der Waals surface area contributed by atoms with Crippen LogP contribution in [0.4, 0.5) is 4.79 Å². The van der Waals surface area contributed by atoms with Crippen molar-refractivity contribution in [1.82, 2.24) is 10.2 Å². The van der Waals surface area contributed by atoms with Gasteiger partial charge in [-0.15, -0.1) is 5.11 Å². The zero-order valence-corrected chi connectivity index (χ0v) is 13.9. The van der Waals surface area contributed by atoms with Gasteiger partial charge in [0.2, 0.25) is 5.11 Å². The zero-order chi connectivity index (χ0) is 16.9. The number of thiocarbonyl (C=S) groups is 1. The van der Waals surface area contributed by atoms with Crippen molar-refractivity contribution in [2.45, 2.75) is 0 Å². The molecule has 7 nitrogen and oxygen atoms in total. The fraction of sp³-hybridized carbons (Fsp3) is 0.